The van der Waals surface area contributed by atoms with Crippen molar-refractivity contribution in [3.05, 3.63) is 0 Å². The maximum Gasteiger partial charge on any atom is 0.171 e. The quantitative estimate of drug-likeness (QED) is 0.706. The van der Waals surface area contributed by atoms with Gasteiger partial charge in [-0.3, -0.25) is 0 Å². The highest BCUT2D eigenvalue weighted by atomic mass is 16.7. The zero-order valence-corrected chi connectivity index (χ0v) is 16.4. The van der Waals surface area contributed by atoms with Crippen LogP contribution in [0.5, 0.6) is 0 Å². The molecule has 0 aromatic carbocycles. The van der Waals surface area contributed by atoms with Gasteiger partial charge in [0.15, 0.2) is 5.79 Å². The predicted octanol–water partition coefficient (Wildman–Crippen LogP) is 4.70. The summed E-state index contributed by atoms with van der Waals surface area (Å²) in [6.45, 7) is 18.1. The van der Waals surface area contributed by atoms with Gasteiger partial charge in [0.25, 0.3) is 0 Å². The highest BCUT2D eigenvalue weighted by Gasteiger charge is 2.50. The summed E-state index contributed by atoms with van der Waals surface area (Å²) in [5, 5.41) is 0. The Hall–Kier alpha value is -0.120. The van der Waals surface area contributed by atoms with E-state index in [1.807, 2.05) is 0 Å². The van der Waals surface area contributed by atoms with Crippen LogP contribution in [0.3, 0.4) is 0 Å². The molecule has 23 heavy (non-hydrogen) atoms. The zero-order valence-electron chi connectivity index (χ0n) is 16.4. The molecule has 3 nitrogen and oxygen atoms in total. The van der Waals surface area contributed by atoms with E-state index < -0.39 is 0 Å². The molecule has 2 rings (SSSR count). The molecule has 0 amide bonds. The van der Waals surface area contributed by atoms with Crippen LogP contribution in [0.4, 0.5) is 0 Å². The van der Waals surface area contributed by atoms with E-state index in [4.69, 9.17) is 9.47 Å². The molecule has 0 N–H and O–H groups in total. The maximum absolute atomic E-state index is 6.52. The average Bonchev–Trinajstić information content (AvgIpc) is 2.86. The molecule has 2 aliphatic rings. The average molecular weight is 326 g/mol. The third kappa shape index (κ3) is 4.70. The Morgan fingerprint density at radius 3 is 2.30 bits per heavy atom. The second kappa shape index (κ2) is 7.84. The zero-order chi connectivity index (χ0) is 17.1. The van der Waals surface area contributed by atoms with Crippen LogP contribution in [0.15, 0.2) is 0 Å². The first-order valence-corrected chi connectivity index (χ1v) is 9.85. The molecule has 0 aromatic heterocycles. The van der Waals surface area contributed by atoms with Crippen LogP contribution >= 0.6 is 0 Å². The fourth-order valence-corrected chi connectivity index (χ4v) is 4.41. The van der Waals surface area contributed by atoms with Crippen molar-refractivity contribution >= 4 is 0 Å². The van der Waals surface area contributed by atoms with E-state index in [1.165, 1.54) is 38.8 Å². The van der Waals surface area contributed by atoms with Gasteiger partial charge in [-0.15, -0.1) is 0 Å². The van der Waals surface area contributed by atoms with Gasteiger partial charge in [-0.05, 0) is 50.1 Å². The SMILES string of the molecule is CCCN(CCC)CC1COC2(CCC(C(C)(C)C)CC2C)O1. The summed E-state index contributed by atoms with van der Waals surface area (Å²) in [6, 6.07) is 0. The molecular formula is C20H39NO2. The lowest BCUT2D eigenvalue weighted by Crippen LogP contribution is -2.46. The second-order valence-corrected chi connectivity index (χ2v) is 8.90. The van der Waals surface area contributed by atoms with E-state index in [0.717, 1.165) is 25.5 Å². The lowest BCUT2D eigenvalue weighted by atomic mass is 9.67. The second-order valence-electron chi connectivity index (χ2n) is 8.90. The van der Waals surface area contributed by atoms with Gasteiger partial charge >= 0.3 is 0 Å². The molecule has 3 heteroatoms. The maximum atomic E-state index is 6.52. The van der Waals surface area contributed by atoms with Crippen molar-refractivity contribution < 1.29 is 9.47 Å². The van der Waals surface area contributed by atoms with Crippen LogP contribution in [0, 0.1) is 17.3 Å². The molecule has 1 aliphatic heterocycles. The van der Waals surface area contributed by atoms with E-state index >= 15 is 0 Å². The summed E-state index contributed by atoms with van der Waals surface area (Å²) in [5.74, 6) is 0.985. The minimum Gasteiger partial charge on any atom is -0.347 e. The van der Waals surface area contributed by atoms with Gasteiger partial charge in [0.1, 0.15) is 0 Å². The summed E-state index contributed by atoms with van der Waals surface area (Å²) in [7, 11) is 0. The summed E-state index contributed by atoms with van der Waals surface area (Å²) in [5.41, 5.74) is 0.396. The Labute approximate surface area is 144 Å². The predicted molar refractivity (Wildman–Crippen MR) is 96.5 cm³/mol. The molecule has 4 atom stereocenters. The normalized spacial score (nSPS) is 35.3. The van der Waals surface area contributed by atoms with Crippen LogP contribution < -0.4 is 0 Å². The molecule has 1 saturated carbocycles. The van der Waals surface area contributed by atoms with Crippen LogP contribution in [0.25, 0.3) is 0 Å². The summed E-state index contributed by atoms with van der Waals surface area (Å²) in [4.78, 5) is 2.54. The molecule has 1 saturated heterocycles. The fourth-order valence-electron chi connectivity index (χ4n) is 4.41. The van der Waals surface area contributed by atoms with E-state index in [-0.39, 0.29) is 11.9 Å². The molecule has 1 heterocycles. The smallest absolute Gasteiger partial charge is 0.171 e. The minimum atomic E-state index is -0.295. The molecule has 0 radical (unpaired) electrons. The van der Waals surface area contributed by atoms with Gasteiger partial charge < -0.3 is 14.4 Å². The van der Waals surface area contributed by atoms with Crippen molar-refractivity contribution in [1.82, 2.24) is 4.90 Å². The molecule has 2 fully saturated rings. The number of hydrogen-bond acceptors (Lipinski definition) is 3. The first-order chi connectivity index (χ1) is 10.8. The highest BCUT2D eigenvalue weighted by molar-refractivity contribution is 4.93. The molecule has 1 aliphatic carbocycles. The molecule has 0 bridgehead atoms. The first kappa shape index (κ1) is 19.2. The molecular weight excluding hydrogens is 286 g/mol. The summed E-state index contributed by atoms with van der Waals surface area (Å²) >= 11 is 0. The third-order valence-corrected chi connectivity index (χ3v) is 5.88. The van der Waals surface area contributed by atoms with Crippen molar-refractivity contribution in [3.63, 3.8) is 0 Å². The lowest BCUT2D eigenvalue weighted by molar-refractivity contribution is -0.228. The largest absolute Gasteiger partial charge is 0.347 e. The number of nitrogens with zero attached hydrogens (tertiary/aromatic N) is 1. The Bertz CT molecular complexity index is 359. The van der Waals surface area contributed by atoms with E-state index in [9.17, 15) is 0 Å². The minimum absolute atomic E-state index is 0.252. The number of ether oxygens (including phenoxy) is 2. The van der Waals surface area contributed by atoms with Crippen molar-refractivity contribution in [3.8, 4) is 0 Å². The number of rotatable bonds is 6. The Morgan fingerprint density at radius 2 is 1.78 bits per heavy atom. The number of hydrogen-bond donors (Lipinski definition) is 0. The van der Waals surface area contributed by atoms with E-state index in [2.05, 4.69) is 46.4 Å². The summed E-state index contributed by atoms with van der Waals surface area (Å²) in [6.07, 6.45) is 6.19. The Balaban J connectivity index is 1.91. The van der Waals surface area contributed by atoms with Crippen LogP contribution in [-0.2, 0) is 9.47 Å². The van der Waals surface area contributed by atoms with Crippen molar-refractivity contribution in [1.29, 1.82) is 0 Å². The molecule has 0 aromatic rings. The third-order valence-electron chi connectivity index (χ3n) is 5.88. The van der Waals surface area contributed by atoms with Crippen LogP contribution in [0.1, 0.15) is 73.6 Å². The lowest BCUT2D eigenvalue weighted by Gasteiger charge is -2.45. The van der Waals surface area contributed by atoms with Crippen molar-refractivity contribution in [2.24, 2.45) is 17.3 Å². The van der Waals surface area contributed by atoms with Gasteiger partial charge in [-0.2, -0.15) is 0 Å². The monoisotopic (exact) mass is 325 g/mol. The topological polar surface area (TPSA) is 21.7 Å². The molecule has 1 spiro atoms. The van der Waals surface area contributed by atoms with Crippen LogP contribution in [0.2, 0.25) is 0 Å². The summed E-state index contributed by atoms with van der Waals surface area (Å²) < 4.78 is 12.8. The van der Waals surface area contributed by atoms with E-state index in [0.29, 0.717) is 11.3 Å². The van der Waals surface area contributed by atoms with Crippen LogP contribution in [-0.4, -0.2) is 43.0 Å². The first-order valence-electron chi connectivity index (χ1n) is 9.85. The fraction of sp³-hybridized carbons (Fsp3) is 1.00. The van der Waals surface area contributed by atoms with Gasteiger partial charge in [-0.25, -0.2) is 0 Å². The standard InChI is InChI=1S/C20H39NO2/c1-7-11-21(12-8-2)14-18-15-22-20(23-18)10-9-17(13-16(20)3)19(4,5)6/h16-18H,7-15H2,1-6H3. The van der Waals surface area contributed by atoms with Gasteiger partial charge in [0.2, 0.25) is 0 Å². The van der Waals surface area contributed by atoms with Gasteiger partial charge in [0, 0.05) is 18.9 Å². The molecule has 4 unspecified atom stereocenters. The van der Waals surface area contributed by atoms with Gasteiger partial charge in [-0.1, -0.05) is 41.5 Å². The van der Waals surface area contributed by atoms with Crippen molar-refractivity contribution in [2.75, 3.05) is 26.2 Å². The Morgan fingerprint density at radius 1 is 1.13 bits per heavy atom. The van der Waals surface area contributed by atoms with Gasteiger partial charge in [0.05, 0.1) is 12.7 Å². The molecule has 136 valence electrons. The van der Waals surface area contributed by atoms with Crippen molar-refractivity contribution in [2.45, 2.75) is 85.5 Å². The highest BCUT2D eigenvalue weighted by Crippen LogP contribution is 2.48. The Kier molecular flexibility index (Phi) is 6.55. The van der Waals surface area contributed by atoms with E-state index in [1.54, 1.807) is 0 Å².